The van der Waals surface area contributed by atoms with Gasteiger partial charge in [-0.15, -0.1) is 0 Å². The number of methoxy groups -OCH3 is 1. The lowest BCUT2D eigenvalue weighted by molar-refractivity contribution is 0.200. The molecule has 1 unspecified atom stereocenters. The van der Waals surface area contributed by atoms with Gasteiger partial charge in [0.25, 0.3) is 0 Å². The van der Waals surface area contributed by atoms with Crippen LogP contribution in [0.3, 0.4) is 0 Å². The fourth-order valence-electron chi connectivity index (χ4n) is 2.84. The molecule has 1 atom stereocenters. The van der Waals surface area contributed by atoms with Crippen molar-refractivity contribution < 1.29 is 9.53 Å². The van der Waals surface area contributed by atoms with Crippen molar-refractivity contribution in [3.8, 4) is 5.88 Å². The minimum absolute atomic E-state index is 0.108. The predicted molar refractivity (Wildman–Crippen MR) is 92.4 cm³/mol. The maximum Gasteiger partial charge on any atom is 0.322 e. The molecular weight excluding hydrogens is 306 g/mol. The van der Waals surface area contributed by atoms with Gasteiger partial charge in [0.2, 0.25) is 5.88 Å². The third-order valence-corrected chi connectivity index (χ3v) is 4.11. The molecule has 1 fully saturated rings. The first-order chi connectivity index (χ1) is 11.7. The fraction of sp³-hybridized carbons (Fsp3) is 0.353. The van der Waals surface area contributed by atoms with Crippen molar-refractivity contribution in [1.82, 2.24) is 14.9 Å². The molecule has 2 amide bonds. The molecule has 126 valence electrons. The summed E-state index contributed by atoms with van der Waals surface area (Å²) >= 11 is 0. The smallest absolute Gasteiger partial charge is 0.322 e. The summed E-state index contributed by atoms with van der Waals surface area (Å²) in [6, 6.07) is 7.62. The van der Waals surface area contributed by atoms with E-state index >= 15 is 0 Å². The Labute approximate surface area is 141 Å². The Kier molecular flexibility index (Phi) is 4.79. The molecule has 3 rings (SSSR count). The van der Waals surface area contributed by atoms with E-state index < -0.39 is 0 Å². The van der Waals surface area contributed by atoms with Gasteiger partial charge in [-0.3, -0.25) is 4.98 Å². The molecule has 0 aromatic carbocycles. The predicted octanol–water partition coefficient (Wildman–Crippen LogP) is 2.23. The highest BCUT2D eigenvalue weighted by Gasteiger charge is 2.26. The van der Waals surface area contributed by atoms with Crippen molar-refractivity contribution in [2.45, 2.75) is 13.0 Å². The highest BCUT2D eigenvalue weighted by Crippen LogP contribution is 2.20. The second kappa shape index (κ2) is 7.16. The average Bonchev–Trinajstić information content (AvgIpc) is 2.63. The Morgan fingerprint density at radius 1 is 1.25 bits per heavy atom. The molecular formula is C17H21N5O2. The third-order valence-electron chi connectivity index (χ3n) is 4.11. The number of nitrogens with one attached hydrogen (secondary N) is 1. The molecule has 2 aromatic heterocycles. The lowest BCUT2D eigenvalue weighted by Crippen LogP contribution is -2.54. The van der Waals surface area contributed by atoms with E-state index in [1.165, 1.54) is 0 Å². The average molecular weight is 327 g/mol. The number of amides is 2. The van der Waals surface area contributed by atoms with Crippen LogP contribution in [0.4, 0.5) is 16.2 Å². The van der Waals surface area contributed by atoms with Crippen molar-refractivity contribution >= 4 is 17.4 Å². The van der Waals surface area contributed by atoms with Gasteiger partial charge in [0, 0.05) is 49.8 Å². The van der Waals surface area contributed by atoms with Gasteiger partial charge in [-0.2, -0.15) is 0 Å². The summed E-state index contributed by atoms with van der Waals surface area (Å²) in [4.78, 5) is 24.7. The van der Waals surface area contributed by atoms with Crippen LogP contribution in [0.25, 0.3) is 0 Å². The van der Waals surface area contributed by atoms with Crippen LogP contribution in [0.5, 0.6) is 5.88 Å². The molecule has 7 heteroatoms. The van der Waals surface area contributed by atoms with Crippen LogP contribution in [0.2, 0.25) is 0 Å². The molecule has 0 spiro atoms. The Balaban J connectivity index is 1.59. The van der Waals surface area contributed by atoms with Gasteiger partial charge in [0.15, 0.2) is 0 Å². The lowest BCUT2D eigenvalue weighted by Gasteiger charge is -2.41. The molecule has 0 bridgehead atoms. The number of hydrogen-bond donors (Lipinski definition) is 1. The van der Waals surface area contributed by atoms with Crippen LogP contribution < -0.4 is 15.0 Å². The first-order valence-electron chi connectivity index (χ1n) is 7.90. The largest absolute Gasteiger partial charge is 0.481 e. The van der Waals surface area contributed by atoms with Crippen molar-refractivity contribution in [1.29, 1.82) is 0 Å². The van der Waals surface area contributed by atoms with Crippen LogP contribution in [-0.4, -0.2) is 53.7 Å². The van der Waals surface area contributed by atoms with E-state index in [-0.39, 0.29) is 12.1 Å². The topological polar surface area (TPSA) is 70.6 Å². The SMILES string of the molecule is COc1ccc(NC(=O)N2CCN(c3ccncc3)C(C)C2)cn1. The molecule has 0 aliphatic carbocycles. The highest BCUT2D eigenvalue weighted by molar-refractivity contribution is 5.89. The third kappa shape index (κ3) is 3.56. The molecule has 2 aromatic rings. The Morgan fingerprint density at radius 3 is 2.67 bits per heavy atom. The van der Waals surface area contributed by atoms with Gasteiger partial charge in [-0.05, 0) is 25.1 Å². The first kappa shape index (κ1) is 16.0. The maximum absolute atomic E-state index is 12.4. The second-order valence-corrected chi connectivity index (χ2v) is 5.71. The number of rotatable bonds is 3. The Hall–Kier alpha value is -2.83. The standard InChI is InChI=1S/C17H21N5O2/c1-13-12-21(9-10-22(13)15-5-7-18-8-6-15)17(23)20-14-3-4-16(24-2)19-11-14/h3-8,11,13H,9-10,12H2,1-2H3,(H,20,23). The molecule has 0 saturated carbocycles. The molecule has 1 aliphatic heterocycles. The van der Waals surface area contributed by atoms with Crippen molar-refractivity contribution in [3.63, 3.8) is 0 Å². The molecule has 24 heavy (non-hydrogen) atoms. The number of hydrogen-bond acceptors (Lipinski definition) is 5. The summed E-state index contributed by atoms with van der Waals surface area (Å²) in [6.07, 6.45) is 5.17. The number of ether oxygens (including phenoxy) is 1. The summed E-state index contributed by atoms with van der Waals surface area (Å²) in [6.45, 7) is 4.24. The second-order valence-electron chi connectivity index (χ2n) is 5.71. The van der Waals surface area contributed by atoms with Crippen LogP contribution in [-0.2, 0) is 0 Å². The van der Waals surface area contributed by atoms with Crippen molar-refractivity contribution in [2.24, 2.45) is 0 Å². The zero-order valence-electron chi connectivity index (χ0n) is 13.8. The number of aromatic nitrogens is 2. The van der Waals surface area contributed by atoms with Crippen LogP contribution in [0.15, 0.2) is 42.9 Å². The number of urea groups is 1. The monoisotopic (exact) mass is 327 g/mol. The normalized spacial score (nSPS) is 17.5. The van der Waals surface area contributed by atoms with E-state index in [1.54, 1.807) is 37.8 Å². The molecule has 1 aliphatic rings. The summed E-state index contributed by atoms with van der Waals surface area (Å²) in [5.74, 6) is 0.521. The van der Waals surface area contributed by atoms with Crippen molar-refractivity contribution in [2.75, 3.05) is 37.0 Å². The van der Waals surface area contributed by atoms with E-state index in [0.717, 1.165) is 12.2 Å². The number of carbonyl (C=O) groups is 1. The first-order valence-corrected chi connectivity index (χ1v) is 7.90. The molecule has 3 heterocycles. The Morgan fingerprint density at radius 2 is 2.04 bits per heavy atom. The van der Waals surface area contributed by atoms with E-state index in [9.17, 15) is 4.79 Å². The number of pyridine rings is 2. The van der Waals surface area contributed by atoms with E-state index in [0.29, 0.717) is 24.7 Å². The van der Waals surface area contributed by atoms with Crippen LogP contribution >= 0.6 is 0 Å². The quantitative estimate of drug-likeness (QED) is 0.936. The molecule has 0 radical (unpaired) electrons. The summed E-state index contributed by atoms with van der Waals surface area (Å²) in [5, 5.41) is 2.88. The minimum atomic E-state index is -0.108. The van der Waals surface area contributed by atoms with E-state index in [4.69, 9.17) is 4.74 Å². The van der Waals surface area contributed by atoms with Gasteiger partial charge in [0.1, 0.15) is 0 Å². The van der Waals surface area contributed by atoms with Gasteiger partial charge in [-0.25, -0.2) is 9.78 Å². The van der Waals surface area contributed by atoms with Gasteiger partial charge < -0.3 is 19.9 Å². The summed E-state index contributed by atoms with van der Waals surface area (Å²) in [7, 11) is 1.56. The molecule has 1 N–H and O–H groups in total. The lowest BCUT2D eigenvalue weighted by atomic mass is 10.1. The highest BCUT2D eigenvalue weighted by atomic mass is 16.5. The maximum atomic E-state index is 12.4. The summed E-state index contributed by atoms with van der Waals surface area (Å²) < 4.78 is 5.01. The van der Waals surface area contributed by atoms with Gasteiger partial charge >= 0.3 is 6.03 Å². The number of carbonyl (C=O) groups excluding carboxylic acids is 1. The fourth-order valence-corrected chi connectivity index (χ4v) is 2.84. The zero-order valence-corrected chi connectivity index (χ0v) is 13.8. The van der Waals surface area contributed by atoms with Gasteiger partial charge in [0.05, 0.1) is 19.0 Å². The Bertz CT molecular complexity index is 677. The molecule has 1 saturated heterocycles. The van der Waals surface area contributed by atoms with Crippen LogP contribution in [0, 0.1) is 0 Å². The minimum Gasteiger partial charge on any atom is -0.481 e. The van der Waals surface area contributed by atoms with E-state index in [2.05, 4.69) is 27.1 Å². The summed E-state index contributed by atoms with van der Waals surface area (Å²) in [5.41, 5.74) is 1.79. The van der Waals surface area contributed by atoms with Gasteiger partial charge in [-0.1, -0.05) is 0 Å². The van der Waals surface area contributed by atoms with E-state index in [1.807, 2.05) is 17.0 Å². The number of anilines is 2. The van der Waals surface area contributed by atoms with Crippen LogP contribution in [0.1, 0.15) is 6.92 Å². The number of piperazine rings is 1. The number of nitrogens with zero attached hydrogens (tertiary/aromatic N) is 4. The zero-order chi connectivity index (χ0) is 16.9. The molecule has 7 nitrogen and oxygen atoms in total. The van der Waals surface area contributed by atoms with Crippen molar-refractivity contribution in [3.05, 3.63) is 42.9 Å².